The number of aromatic nitrogens is 1. The number of rotatable bonds is 7. The number of carbonyl (C=O) groups excluding carboxylic acids is 1. The fraction of sp³-hybridized carbons (Fsp3) is 0.333. The first-order valence-corrected chi connectivity index (χ1v) is 8.66. The van der Waals surface area contributed by atoms with Gasteiger partial charge in [-0.1, -0.05) is 25.5 Å². The molecule has 2 aromatic rings. The first-order chi connectivity index (χ1) is 12.7. The lowest BCUT2D eigenvalue weighted by atomic mass is 10.1. The number of unbranched alkanes of at least 4 members (excludes halogenated alkanes) is 1. The number of nitrogens with zero attached hydrogens (tertiary/aromatic N) is 1. The second kappa shape index (κ2) is 8.98. The number of hydrogen-bond acceptors (Lipinski definition) is 6. The molecule has 0 aliphatic rings. The van der Waals surface area contributed by atoms with Crippen molar-refractivity contribution in [2.75, 3.05) is 5.73 Å². The Morgan fingerprint density at radius 2 is 2.00 bits per heavy atom. The second-order valence-corrected chi connectivity index (χ2v) is 6.24. The molecule has 1 aromatic carbocycles. The molecule has 27 heavy (non-hydrogen) atoms. The molecule has 0 aliphatic heterocycles. The van der Waals surface area contributed by atoms with Gasteiger partial charge in [-0.3, -0.25) is 4.79 Å². The number of benzene rings is 1. The first-order valence-electron chi connectivity index (χ1n) is 8.21. The quantitative estimate of drug-likeness (QED) is 0.406. The fourth-order valence-electron chi connectivity index (χ4n) is 2.29. The Labute approximate surface area is 160 Å². The molecule has 0 fully saturated rings. The van der Waals surface area contributed by atoms with E-state index >= 15 is 0 Å². The summed E-state index contributed by atoms with van der Waals surface area (Å²) in [4.78, 5) is 15.7. The molecular weight excluding hydrogens is 381 g/mol. The van der Waals surface area contributed by atoms with E-state index in [1.807, 2.05) is 6.92 Å². The minimum absolute atomic E-state index is 0.0649. The molecule has 0 saturated heterocycles. The number of hydrogen-bond donors (Lipinski definition) is 2. The third kappa shape index (κ3) is 6.35. The number of halogens is 3. The van der Waals surface area contributed by atoms with Crippen LogP contribution >= 0.6 is 12.6 Å². The molecule has 0 amide bonds. The van der Waals surface area contributed by atoms with E-state index in [0.717, 1.165) is 12.0 Å². The molecule has 146 valence electrons. The second-order valence-electron chi connectivity index (χ2n) is 5.79. The lowest BCUT2D eigenvalue weighted by molar-refractivity contribution is -0.276. The van der Waals surface area contributed by atoms with Crippen LogP contribution in [0.2, 0.25) is 0 Å². The van der Waals surface area contributed by atoms with Gasteiger partial charge < -0.3 is 15.2 Å². The molecule has 0 saturated carbocycles. The zero-order valence-electron chi connectivity index (χ0n) is 14.5. The van der Waals surface area contributed by atoms with E-state index in [1.54, 1.807) is 12.1 Å². The summed E-state index contributed by atoms with van der Waals surface area (Å²) in [6.07, 6.45) is -1.75. The van der Waals surface area contributed by atoms with Crippen LogP contribution in [0.1, 0.15) is 37.3 Å². The number of nitrogen functional groups attached to an aromatic ring is 1. The fourth-order valence-corrected chi connectivity index (χ4v) is 2.60. The predicted molar refractivity (Wildman–Crippen MR) is 97.0 cm³/mol. The number of ether oxygens (including phenoxy) is 2. The van der Waals surface area contributed by atoms with Gasteiger partial charge in [0.25, 0.3) is 0 Å². The van der Waals surface area contributed by atoms with Crippen molar-refractivity contribution < 1.29 is 27.4 Å². The van der Waals surface area contributed by atoms with E-state index in [0.29, 0.717) is 17.8 Å². The van der Waals surface area contributed by atoms with Crippen molar-refractivity contribution in [1.82, 2.24) is 4.98 Å². The van der Waals surface area contributed by atoms with Gasteiger partial charge in [0.05, 0.1) is 4.90 Å². The zero-order chi connectivity index (χ0) is 20.0. The summed E-state index contributed by atoms with van der Waals surface area (Å²) < 4.78 is 47.6. The maximum atomic E-state index is 12.8. The highest BCUT2D eigenvalue weighted by molar-refractivity contribution is 7.80. The highest BCUT2D eigenvalue weighted by atomic mass is 32.1. The van der Waals surface area contributed by atoms with Gasteiger partial charge in [-0.25, -0.2) is 4.98 Å². The van der Waals surface area contributed by atoms with Gasteiger partial charge in [0.1, 0.15) is 5.82 Å². The van der Waals surface area contributed by atoms with Gasteiger partial charge >= 0.3 is 12.3 Å². The highest BCUT2D eigenvalue weighted by Gasteiger charge is 2.34. The van der Waals surface area contributed by atoms with Gasteiger partial charge in [-0.15, -0.1) is 25.8 Å². The summed E-state index contributed by atoms with van der Waals surface area (Å²) in [5, 5.41) is 0. The van der Waals surface area contributed by atoms with E-state index in [2.05, 4.69) is 22.3 Å². The summed E-state index contributed by atoms with van der Waals surface area (Å²) in [6, 6.07) is 6.10. The number of thiol groups is 1. The molecule has 0 radical (unpaired) electrons. The normalized spacial score (nSPS) is 11.3. The van der Waals surface area contributed by atoms with E-state index < -0.39 is 18.1 Å². The van der Waals surface area contributed by atoms with Crippen LogP contribution in [-0.4, -0.2) is 17.3 Å². The summed E-state index contributed by atoms with van der Waals surface area (Å²) in [5.41, 5.74) is 6.71. The minimum atomic E-state index is -4.95. The van der Waals surface area contributed by atoms with Crippen LogP contribution in [0, 0.1) is 0 Å². The number of carbonyl (C=O) groups is 1. The van der Waals surface area contributed by atoms with Crippen molar-refractivity contribution in [3.05, 3.63) is 41.6 Å². The maximum absolute atomic E-state index is 12.8. The average molecular weight is 400 g/mol. The van der Waals surface area contributed by atoms with Crippen LogP contribution in [0.25, 0.3) is 0 Å². The zero-order valence-corrected chi connectivity index (χ0v) is 15.4. The molecule has 0 atom stereocenters. The predicted octanol–water partition coefficient (Wildman–Crippen LogP) is 4.54. The summed E-state index contributed by atoms with van der Waals surface area (Å²) in [7, 11) is 0. The SMILES string of the molecule is CCCCC(=O)Oc1ccc(Cc2ccc(N)nc2)c(S)c1OC(F)(F)F. The van der Waals surface area contributed by atoms with Crippen molar-refractivity contribution in [2.45, 2.75) is 43.9 Å². The molecule has 1 aromatic heterocycles. The molecule has 1 heterocycles. The first kappa shape index (κ1) is 20.9. The lowest BCUT2D eigenvalue weighted by Crippen LogP contribution is -2.19. The van der Waals surface area contributed by atoms with Crippen LogP contribution in [0.3, 0.4) is 0 Å². The molecule has 0 spiro atoms. The smallest absolute Gasteiger partial charge is 0.422 e. The van der Waals surface area contributed by atoms with Crippen LogP contribution in [0.15, 0.2) is 35.4 Å². The Hall–Kier alpha value is -2.42. The van der Waals surface area contributed by atoms with Gasteiger partial charge in [-0.05, 0) is 29.7 Å². The average Bonchev–Trinajstić information content (AvgIpc) is 2.59. The van der Waals surface area contributed by atoms with E-state index in [1.165, 1.54) is 18.3 Å². The molecular formula is C18H19F3N2O3S. The van der Waals surface area contributed by atoms with E-state index in [9.17, 15) is 18.0 Å². The Bertz CT molecular complexity index is 796. The standard InChI is InChI=1S/C18H19F3N2O3S/c1-2-3-4-15(24)25-13-7-6-12(9-11-5-8-14(22)23-10-11)17(27)16(13)26-18(19,20)21/h5-8,10,27H,2-4,9H2,1H3,(H2,22,23). The van der Waals surface area contributed by atoms with Crippen molar-refractivity contribution in [2.24, 2.45) is 0 Å². The van der Waals surface area contributed by atoms with Crippen LogP contribution in [0.5, 0.6) is 11.5 Å². The third-order valence-corrected chi connectivity index (χ3v) is 4.09. The van der Waals surface area contributed by atoms with Crippen molar-refractivity contribution in [3.8, 4) is 11.5 Å². The monoisotopic (exact) mass is 400 g/mol. The Balaban J connectivity index is 2.33. The molecule has 2 rings (SSSR count). The summed E-state index contributed by atoms with van der Waals surface area (Å²) in [6.45, 7) is 1.89. The van der Waals surface area contributed by atoms with Gasteiger partial charge in [0, 0.05) is 19.0 Å². The largest absolute Gasteiger partial charge is 0.573 e. The van der Waals surface area contributed by atoms with Gasteiger partial charge in [0.2, 0.25) is 0 Å². The van der Waals surface area contributed by atoms with Crippen molar-refractivity contribution >= 4 is 24.4 Å². The summed E-state index contributed by atoms with van der Waals surface area (Å²) >= 11 is 4.18. The Morgan fingerprint density at radius 1 is 1.26 bits per heavy atom. The van der Waals surface area contributed by atoms with Crippen LogP contribution in [0.4, 0.5) is 19.0 Å². The number of pyridine rings is 1. The molecule has 2 N–H and O–H groups in total. The molecule has 0 unspecified atom stereocenters. The van der Waals surface area contributed by atoms with E-state index in [4.69, 9.17) is 10.5 Å². The van der Waals surface area contributed by atoms with E-state index in [-0.39, 0.29) is 23.5 Å². The van der Waals surface area contributed by atoms with Crippen molar-refractivity contribution in [1.29, 1.82) is 0 Å². The molecule has 0 aliphatic carbocycles. The number of nitrogens with two attached hydrogens (primary N) is 1. The Morgan fingerprint density at radius 3 is 2.59 bits per heavy atom. The number of esters is 1. The maximum Gasteiger partial charge on any atom is 0.573 e. The lowest BCUT2D eigenvalue weighted by Gasteiger charge is -2.17. The topological polar surface area (TPSA) is 74.4 Å². The van der Waals surface area contributed by atoms with Gasteiger partial charge in [0.15, 0.2) is 11.5 Å². The summed E-state index contributed by atoms with van der Waals surface area (Å²) in [5.74, 6) is -1.26. The van der Waals surface area contributed by atoms with Crippen LogP contribution < -0.4 is 15.2 Å². The third-order valence-electron chi connectivity index (χ3n) is 3.60. The van der Waals surface area contributed by atoms with Crippen LogP contribution in [-0.2, 0) is 11.2 Å². The highest BCUT2D eigenvalue weighted by Crippen LogP contribution is 2.40. The Kier molecular flexibility index (Phi) is 6.95. The van der Waals surface area contributed by atoms with Gasteiger partial charge in [-0.2, -0.15) is 0 Å². The number of alkyl halides is 3. The number of anilines is 1. The minimum Gasteiger partial charge on any atom is -0.422 e. The molecule has 0 bridgehead atoms. The molecule has 9 heteroatoms. The van der Waals surface area contributed by atoms with Crippen molar-refractivity contribution in [3.63, 3.8) is 0 Å². The molecule has 5 nitrogen and oxygen atoms in total.